The Balaban J connectivity index is 1.45. The summed E-state index contributed by atoms with van der Waals surface area (Å²) in [7, 11) is 0. The van der Waals surface area contributed by atoms with Gasteiger partial charge in [-0.2, -0.15) is 0 Å². The van der Waals surface area contributed by atoms with Crippen LogP contribution in [0.25, 0.3) is 0 Å². The minimum Gasteiger partial charge on any atom is -0.381 e. The van der Waals surface area contributed by atoms with Gasteiger partial charge in [0.15, 0.2) is 0 Å². The highest BCUT2D eigenvalue weighted by molar-refractivity contribution is 5.84. The van der Waals surface area contributed by atoms with Crippen molar-refractivity contribution in [2.24, 2.45) is 0 Å². The predicted molar refractivity (Wildman–Crippen MR) is 97.5 cm³/mol. The molecule has 4 rings (SSSR count). The Morgan fingerprint density at radius 2 is 2.00 bits per heavy atom. The summed E-state index contributed by atoms with van der Waals surface area (Å²) in [6.45, 7) is 5.50. The first-order chi connectivity index (χ1) is 12.3. The van der Waals surface area contributed by atoms with Gasteiger partial charge >= 0.3 is 0 Å². The molecule has 3 aliphatic rings. The molecule has 0 radical (unpaired) electrons. The zero-order valence-corrected chi connectivity index (χ0v) is 14.9. The van der Waals surface area contributed by atoms with E-state index in [4.69, 9.17) is 4.74 Å². The van der Waals surface area contributed by atoms with Crippen LogP contribution in [-0.2, 0) is 16.0 Å². The lowest BCUT2D eigenvalue weighted by Crippen LogP contribution is -2.58. The molecule has 2 fully saturated rings. The van der Waals surface area contributed by atoms with Crippen LogP contribution in [0, 0.1) is 0 Å². The van der Waals surface area contributed by atoms with Gasteiger partial charge in [-0.15, -0.1) is 0 Å². The van der Waals surface area contributed by atoms with E-state index in [1.807, 2.05) is 6.07 Å². The maximum atomic E-state index is 12.9. The molecule has 1 amide bonds. The second-order valence-corrected chi connectivity index (χ2v) is 7.58. The van der Waals surface area contributed by atoms with Crippen LogP contribution in [0.3, 0.4) is 0 Å². The van der Waals surface area contributed by atoms with Crippen LogP contribution < -0.4 is 10.6 Å². The van der Waals surface area contributed by atoms with Crippen molar-refractivity contribution < 1.29 is 9.53 Å². The van der Waals surface area contributed by atoms with Crippen molar-refractivity contribution in [2.75, 3.05) is 39.4 Å². The molecule has 3 aliphatic heterocycles. The first-order valence-electron chi connectivity index (χ1n) is 9.70. The highest BCUT2D eigenvalue weighted by Gasteiger charge is 2.40. The monoisotopic (exact) mass is 343 g/mol. The number of amides is 1. The zero-order valence-electron chi connectivity index (χ0n) is 14.9. The fourth-order valence-electron chi connectivity index (χ4n) is 4.64. The molecule has 0 aromatic heterocycles. The van der Waals surface area contributed by atoms with Gasteiger partial charge in [-0.3, -0.25) is 9.69 Å². The lowest BCUT2D eigenvalue weighted by Gasteiger charge is -2.45. The van der Waals surface area contributed by atoms with Crippen LogP contribution in [0.5, 0.6) is 0 Å². The molecule has 0 bridgehead atoms. The second kappa shape index (κ2) is 7.44. The number of hydrogen-bond acceptors (Lipinski definition) is 4. The number of fused-ring (bicyclic) bond motifs is 1. The smallest absolute Gasteiger partial charge is 0.241 e. The van der Waals surface area contributed by atoms with Crippen LogP contribution >= 0.6 is 0 Å². The second-order valence-electron chi connectivity index (χ2n) is 7.58. The van der Waals surface area contributed by atoms with Gasteiger partial charge in [0.25, 0.3) is 0 Å². The first kappa shape index (κ1) is 17.0. The average molecular weight is 343 g/mol. The summed E-state index contributed by atoms with van der Waals surface area (Å²) in [6, 6.07) is 8.08. The summed E-state index contributed by atoms with van der Waals surface area (Å²) in [5, 5.41) is 6.68. The van der Waals surface area contributed by atoms with Crippen molar-refractivity contribution in [2.45, 2.75) is 43.7 Å². The summed E-state index contributed by atoms with van der Waals surface area (Å²) in [6.07, 6.45) is 5.57. The SMILES string of the molecule is O=C(NCC1(N2CCCC2)CCOCC1)C1NCCc2ccccc21. The van der Waals surface area contributed by atoms with Crippen LogP contribution in [0.15, 0.2) is 24.3 Å². The van der Waals surface area contributed by atoms with Crippen LogP contribution in [-0.4, -0.2) is 55.7 Å². The number of likely N-dealkylation sites (tertiary alicyclic amines) is 1. The number of carbonyl (C=O) groups is 1. The maximum absolute atomic E-state index is 12.9. The van der Waals surface area contributed by atoms with Gasteiger partial charge in [-0.05, 0) is 56.3 Å². The molecule has 0 aliphatic carbocycles. The maximum Gasteiger partial charge on any atom is 0.241 e. The minimum atomic E-state index is -0.222. The standard InChI is InChI=1S/C20H29N3O2/c24-19(18-17-6-2-1-5-16(17)7-10-21-18)22-15-20(8-13-25-14-9-20)23-11-3-4-12-23/h1-2,5-6,18,21H,3-4,7-15H2,(H,22,24). The lowest BCUT2D eigenvalue weighted by molar-refractivity contribution is -0.124. The van der Waals surface area contributed by atoms with E-state index in [0.29, 0.717) is 0 Å². The van der Waals surface area contributed by atoms with Gasteiger partial charge in [0.1, 0.15) is 6.04 Å². The van der Waals surface area contributed by atoms with Crippen LogP contribution in [0.2, 0.25) is 0 Å². The van der Waals surface area contributed by atoms with E-state index < -0.39 is 0 Å². The predicted octanol–water partition coefficient (Wildman–Crippen LogP) is 1.63. The lowest BCUT2D eigenvalue weighted by atomic mass is 9.87. The number of rotatable bonds is 4. The molecule has 5 heteroatoms. The van der Waals surface area contributed by atoms with E-state index in [0.717, 1.165) is 64.2 Å². The largest absolute Gasteiger partial charge is 0.381 e. The molecule has 0 spiro atoms. The zero-order chi connectivity index (χ0) is 17.1. The molecule has 1 aromatic rings. The summed E-state index contributed by atoms with van der Waals surface area (Å²) in [5.41, 5.74) is 2.51. The molecular weight excluding hydrogens is 314 g/mol. The van der Waals surface area contributed by atoms with E-state index in [2.05, 4.69) is 33.7 Å². The Hall–Kier alpha value is -1.43. The minimum absolute atomic E-state index is 0.0819. The van der Waals surface area contributed by atoms with Crippen molar-refractivity contribution in [3.63, 3.8) is 0 Å². The molecule has 25 heavy (non-hydrogen) atoms. The summed E-state index contributed by atoms with van der Waals surface area (Å²) in [4.78, 5) is 15.5. The number of nitrogens with zero attached hydrogens (tertiary/aromatic N) is 1. The van der Waals surface area contributed by atoms with Crippen molar-refractivity contribution >= 4 is 5.91 Å². The highest BCUT2D eigenvalue weighted by atomic mass is 16.5. The Labute approximate surface area is 150 Å². The molecule has 2 saturated heterocycles. The van der Waals surface area contributed by atoms with E-state index in [1.165, 1.54) is 18.4 Å². The van der Waals surface area contributed by atoms with E-state index in [1.54, 1.807) is 0 Å². The van der Waals surface area contributed by atoms with E-state index in [-0.39, 0.29) is 17.5 Å². The van der Waals surface area contributed by atoms with Crippen molar-refractivity contribution in [1.29, 1.82) is 0 Å². The molecule has 1 aromatic carbocycles. The van der Waals surface area contributed by atoms with Crippen LogP contribution in [0.1, 0.15) is 42.9 Å². The number of carbonyl (C=O) groups excluding carboxylic acids is 1. The topological polar surface area (TPSA) is 53.6 Å². The average Bonchev–Trinajstić information content (AvgIpc) is 3.22. The summed E-state index contributed by atoms with van der Waals surface area (Å²) >= 11 is 0. The van der Waals surface area contributed by atoms with Gasteiger partial charge in [-0.25, -0.2) is 0 Å². The molecule has 136 valence electrons. The Morgan fingerprint density at radius 3 is 2.80 bits per heavy atom. The Kier molecular flexibility index (Phi) is 5.06. The van der Waals surface area contributed by atoms with Crippen LogP contribution in [0.4, 0.5) is 0 Å². The molecule has 0 saturated carbocycles. The van der Waals surface area contributed by atoms with E-state index >= 15 is 0 Å². The first-order valence-corrected chi connectivity index (χ1v) is 9.70. The highest BCUT2D eigenvalue weighted by Crippen LogP contribution is 2.31. The van der Waals surface area contributed by atoms with Gasteiger partial charge in [-0.1, -0.05) is 24.3 Å². The fourth-order valence-corrected chi connectivity index (χ4v) is 4.64. The van der Waals surface area contributed by atoms with Gasteiger partial charge < -0.3 is 15.4 Å². The van der Waals surface area contributed by atoms with Crippen molar-refractivity contribution in [3.8, 4) is 0 Å². The van der Waals surface area contributed by atoms with E-state index in [9.17, 15) is 4.79 Å². The third kappa shape index (κ3) is 3.46. The number of hydrogen-bond donors (Lipinski definition) is 2. The van der Waals surface area contributed by atoms with Gasteiger partial charge in [0.05, 0.1) is 0 Å². The normalized spacial score (nSPS) is 26.2. The summed E-state index contributed by atoms with van der Waals surface area (Å²) < 4.78 is 5.60. The van der Waals surface area contributed by atoms with Crippen molar-refractivity contribution in [1.82, 2.24) is 15.5 Å². The molecule has 2 N–H and O–H groups in total. The third-order valence-electron chi connectivity index (χ3n) is 6.16. The summed E-state index contributed by atoms with van der Waals surface area (Å²) in [5.74, 6) is 0.109. The quantitative estimate of drug-likeness (QED) is 0.873. The Morgan fingerprint density at radius 1 is 1.24 bits per heavy atom. The molecule has 5 nitrogen and oxygen atoms in total. The molecule has 3 heterocycles. The molecular formula is C20H29N3O2. The molecule has 1 atom stereocenters. The number of ether oxygens (including phenoxy) is 1. The number of benzene rings is 1. The number of nitrogens with one attached hydrogen (secondary N) is 2. The Bertz CT molecular complexity index is 607. The third-order valence-corrected chi connectivity index (χ3v) is 6.16. The van der Waals surface area contributed by atoms with Gasteiger partial charge in [0.2, 0.25) is 5.91 Å². The van der Waals surface area contributed by atoms with Gasteiger partial charge in [0, 0.05) is 31.8 Å². The van der Waals surface area contributed by atoms with Crippen molar-refractivity contribution in [3.05, 3.63) is 35.4 Å². The molecule has 1 unspecified atom stereocenters. The fraction of sp³-hybridized carbons (Fsp3) is 0.650.